The highest BCUT2D eigenvalue weighted by atomic mass is 32.2. The molecular weight excluding hydrogens is 254 g/mol. The summed E-state index contributed by atoms with van der Waals surface area (Å²) in [6, 6.07) is 4.44. The molecule has 7 nitrogen and oxygen atoms in total. The van der Waals surface area contributed by atoms with Crippen molar-refractivity contribution >= 4 is 15.7 Å². The predicted molar refractivity (Wildman–Crippen MR) is 66.6 cm³/mol. The second-order valence-corrected chi connectivity index (χ2v) is 5.42. The fourth-order valence-corrected chi connectivity index (χ4v) is 2.34. The minimum Gasteiger partial charge on any atom is -0.398 e. The zero-order valence-corrected chi connectivity index (χ0v) is 10.8. The number of primary sulfonamides is 1. The molecule has 0 amide bonds. The quantitative estimate of drug-likeness (QED) is 0.749. The van der Waals surface area contributed by atoms with Crippen LogP contribution in [-0.2, 0) is 10.0 Å². The van der Waals surface area contributed by atoms with Crippen LogP contribution in [0, 0.1) is 13.8 Å². The molecule has 0 radical (unpaired) electrons. The molecule has 1 aromatic carbocycles. The van der Waals surface area contributed by atoms with E-state index in [0.717, 1.165) is 0 Å². The Morgan fingerprint density at radius 3 is 2.39 bits per heavy atom. The van der Waals surface area contributed by atoms with Crippen molar-refractivity contribution in [2.24, 2.45) is 5.14 Å². The van der Waals surface area contributed by atoms with E-state index in [2.05, 4.69) is 10.1 Å². The third-order valence-electron chi connectivity index (χ3n) is 2.42. The molecule has 18 heavy (non-hydrogen) atoms. The van der Waals surface area contributed by atoms with Gasteiger partial charge < -0.3 is 5.73 Å². The molecule has 0 fully saturated rings. The van der Waals surface area contributed by atoms with Crippen molar-refractivity contribution in [1.29, 1.82) is 0 Å². The van der Waals surface area contributed by atoms with Gasteiger partial charge in [0.15, 0.2) is 0 Å². The predicted octanol–water partition coefficient (Wildman–Crippen LogP) is 0.114. The number of hydrogen-bond acceptors (Lipinski definition) is 5. The Morgan fingerprint density at radius 1 is 1.28 bits per heavy atom. The fourth-order valence-electron chi connectivity index (χ4n) is 1.69. The molecule has 2 aromatic rings. The monoisotopic (exact) mass is 267 g/mol. The largest absolute Gasteiger partial charge is 0.398 e. The Hall–Kier alpha value is -1.93. The Kier molecular flexibility index (Phi) is 2.83. The number of nitrogens with two attached hydrogens (primary N) is 2. The summed E-state index contributed by atoms with van der Waals surface area (Å²) in [4.78, 5) is 4.06. The summed E-state index contributed by atoms with van der Waals surface area (Å²) in [5, 5.41) is 9.22. The van der Waals surface area contributed by atoms with Gasteiger partial charge in [-0.3, -0.25) is 0 Å². The van der Waals surface area contributed by atoms with Crippen LogP contribution in [0.5, 0.6) is 0 Å². The van der Waals surface area contributed by atoms with Crippen LogP contribution in [0.15, 0.2) is 23.1 Å². The van der Waals surface area contributed by atoms with Gasteiger partial charge in [0.2, 0.25) is 10.0 Å². The summed E-state index contributed by atoms with van der Waals surface area (Å²) in [7, 11) is -3.81. The number of hydrogen-bond donors (Lipinski definition) is 2. The number of aryl methyl sites for hydroxylation is 2. The van der Waals surface area contributed by atoms with E-state index >= 15 is 0 Å². The fraction of sp³-hybridized carbons (Fsp3) is 0.200. The minimum absolute atomic E-state index is 0.0857. The highest BCUT2D eigenvalue weighted by molar-refractivity contribution is 7.89. The van der Waals surface area contributed by atoms with Gasteiger partial charge in [-0.2, -0.15) is 5.10 Å². The molecular formula is C10H13N5O2S. The van der Waals surface area contributed by atoms with Gasteiger partial charge in [0.05, 0.1) is 11.4 Å². The lowest BCUT2D eigenvalue weighted by Crippen LogP contribution is -2.14. The van der Waals surface area contributed by atoms with Crippen molar-refractivity contribution < 1.29 is 8.42 Å². The minimum atomic E-state index is -3.81. The Morgan fingerprint density at radius 2 is 1.94 bits per heavy atom. The Bertz CT molecular complexity index is 705. The normalized spacial score (nSPS) is 11.7. The molecule has 8 heteroatoms. The molecule has 0 aliphatic rings. The molecule has 0 spiro atoms. The summed E-state index contributed by atoms with van der Waals surface area (Å²) < 4.78 is 24.1. The smallest absolute Gasteiger partial charge is 0.240 e. The van der Waals surface area contributed by atoms with Crippen LogP contribution >= 0.6 is 0 Å². The molecule has 0 unspecified atom stereocenters. The SMILES string of the molecule is Cc1nc(C)n(-c2ccc(S(N)(=O)=O)c(N)c2)n1. The summed E-state index contributed by atoms with van der Waals surface area (Å²) in [5.41, 5.74) is 6.40. The van der Waals surface area contributed by atoms with Gasteiger partial charge in [-0.05, 0) is 32.0 Å². The highest BCUT2D eigenvalue weighted by Crippen LogP contribution is 2.21. The van der Waals surface area contributed by atoms with Crippen LogP contribution in [0.2, 0.25) is 0 Å². The molecule has 0 bridgehead atoms. The van der Waals surface area contributed by atoms with Crippen molar-refractivity contribution in [3.05, 3.63) is 29.8 Å². The molecule has 0 atom stereocenters. The van der Waals surface area contributed by atoms with Crippen LogP contribution in [0.25, 0.3) is 5.69 Å². The van der Waals surface area contributed by atoms with Crippen molar-refractivity contribution in [3.63, 3.8) is 0 Å². The second-order valence-electron chi connectivity index (χ2n) is 3.89. The summed E-state index contributed by atoms with van der Waals surface area (Å²) >= 11 is 0. The van der Waals surface area contributed by atoms with E-state index in [4.69, 9.17) is 10.9 Å². The maximum atomic E-state index is 11.2. The van der Waals surface area contributed by atoms with E-state index in [1.54, 1.807) is 24.6 Å². The number of aromatic nitrogens is 3. The van der Waals surface area contributed by atoms with Crippen molar-refractivity contribution in [3.8, 4) is 5.69 Å². The van der Waals surface area contributed by atoms with Crippen LogP contribution < -0.4 is 10.9 Å². The lowest BCUT2D eigenvalue weighted by molar-refractivity contribution is 0.598. The molecule has 0 saturated carbocycles. The van der Waals surface area contributed by atoms with E-state index in [-0.39, 0.29) is 10.6 Å². The van der Waals surface area contributed by atoms with Gasteiger partial charge in [0, 0.05) is 0 Å². The number of nitrogen functional groups attached to an aromatic ring is 1. The molecule has 0 aliphatic carbocycles. The standard InChI is InChI=1S/C10H13N5O2S/c1-6-13-7(2)15(14-6)8-3-4-10(9(11)5-8)18(12,16)17/h3-5H,11H2,1-2H3,(H2,12,16,17). The average Bonchev–Trinajstić information content (AvgIpc) is 2.55. The molecule has 96 valence electrons. The second kappa shape index (κ2) is 4.07. The zero-order chi connectivity index (χ0) is 13.5. The van der Waals surface area contributed by atoms with E-state index in [1.165, 1.54) is 12.1 Å². The van der Waals surface area contributed by atoms with E-state index < -0.39 is 10.0 Å². The van der Waals surface area contributed by atoms with E-state index in [9.17, 15) is 8.42 Å². The lowest BCUT2D eigenvalue weighted by atomic mass is 10.3. The number of sulfonamides is 1. The third-order valence-corrected chi connectivity index (χ3v) is 3.40. The van der Waals surface area contributed by atoms with Crippen LogP contribution in [0.3, 0.4) is 0 Å². The van der Waals surface area contributed by atoms with Gasteiger partial charge in [0.25, 0.3) is 0 Å². The first kappa shape index (κ1) is 12.5. The molecule has 1 heterocycles. The van der Waals surface area contributed by atoms with Crippen molar-refractivity contribution in [2.75, 3.05) is 5.73 Å². The molecule has 0 saturated heterocycles. The van der Waals surface area contributed by atoms with Gasteiger partial charge >= 0.3 is 0 Å². The van der Waals surface area contributed by atoms with Crippen LogP contribution in [0.4, 0.5) is 5.69 Å². The summed E-state index contributed by atoms with van der Waals surface area (Å²) in [6.45, 7) is 3.56. The van der Waals surface area contributed by atoms with Gasteiger partial charge in [0.1, 0.15) is 16.5 Å². The van der Waals surface area contributed by atoms with Gasteiger partial charge in [-0.15, -0.1) is 0 Å². The van der Waals surface area contributed by atoms with Gasteiger partial charge in [-0.25, -0.2) is 23.2 Å². The first-order valence-electron chi connectivity index (χ1n) is 5.12. The molecule has 4 N–H and O–H groups in total. The maximum absolute atomic E-state index is 11.2. The maximum Gasteiger partial charge on any atom is 0.240 e. The van der Waals surface area contributed by atoms with E-state index in [0.29, 0.717) is 17.3 Å². The first-order chi connectivity index (χ1) is 8.29. The topological polar surface area (TPSA) is 117 Å². The Labute approximate surface area is 104 Å². The number of rotatable bonds is 2. The zero-order valence-electron chi connectivity index (χ0n) is 9.95. The van der Waals surface area contributed by atoms with Gasteiger partial charge in [-0.1, -0.05) is 0 Å². The number of benzene rings is 1. The van der Waals surface area contributed by atoms with Crippen LogP contribution in [-0.4, -0.2) is 23.2 Å². The molecule has 2 rings (SSSR count). The van der Waals surface area contributed by atoms with Crippen molar-refractivity contribution in [2.45, 2.75) is 18.7 Å². The average molecular weight is 267 g/mol. The third kappa shape index (κ3) is 2.20. The van der Waals surface area contributed by atoms with Crippen LogP contribution in [0.1, 0.15) is 11.6 Å². The Balaban J connectivity index is 2.57. The number of anilines is 1. The number of nitrogens with zero attached hydrogens (tertiary/aromatic N) is 3. The highest BCUT2D eigenvalue weighted by Gasteiger charge is 2.14. The molecule has 0 aliphatic heterocycles. The van der Waals surface area contributed by atoms with Crippen molar-refractivity contribution in [1.82, 2.24) is 14.8 Å². The summed E-state index contributed by atoms with van der Waals surface area (Å²) in [5.74, 6) is 1.32. The molecule has 1 aromatic heterocycles. The van der Waals surface area contributed by atoms with E-state index in [1.807, 2.05) is 0 Å². The summed E-state index contributed by atoms with van der Waals surface area (Å²) in [6.07, 6.45) is 0. The first-order valence-corrected chi connectivity index (χ1v) is 6.66. The lowest BCUT2D eigenvalue weighted by Gasteiger charge is -2.07.